The van der Waals surface area contributed by atoms with Crippen LogP contribution in [0.25, 0.3) is 0 Å². The summed E-state index contributed by atoms with van der Waals surface area (Å²) in [6, 6.07) is 0. The maximum Gasteiger partial charge on any atom is 0.258 e. The number of anilines is 1. The second-order valence-corrected chi connectivity index (χ2v) is 8.54. The van der Waals surface area contributed by atoms with E-state index in [4.69, 9.17) is 0 Å². The molecule has 1 heterocycles. The van der Waals surface area contributed by atoms with Crippen molar-refractivity contribution in [1.29, 1.82) is 0 Å². The molecule has 1 saturated carbocycles. The first-order chi connectivity index (χ1) is 12.1. The summed E-state index contributed by atoms with van der Waals surface area (Å²) in [5.41, 5.74) is 3.86. The van der Waals surface area contributed by atoms with Crippen molar-refractivity contribution in [2.45, 2.75) is 59.9 Å². The number of rotatable bonds is 7. The van der Waals surface area contributed by atoms with Crippen molar-refractivity contribution in [2.24, 2.45) is 4.99 Å². The molecule has 1 aromatic heterocycles. The molecule has 1 amide bonds. The van der Waals surface area contributed by atoms with E-state index in [1.165, 1.54) is 11.3 Å². The van der Waals surface area contributed by atoms with Gasteiger partial charge in [-0.3, -0.25) is 10.1 Å². The summed E-state index contributed by atoms with van der Waals surface area (Å²) in [5.74, 6) is 0.399. The minimum atomic E-state index is -0.208. The molecule has 0 radical (unpaired) electrons. The molecule has 2 N–H and O–H groups in total. The molecule has 1 fully saturated rings. The smallest absolute Gasteiger partial charge is 0.258 e. The maximum absolute atomic E-state index is 13.1. The lowest BCUT2D eigenvalue weighted by Gasteiger charge is -2.20. The summed E-state index contributed by atoms with van der Waals surface area (Å²) in [5, 5.41) is 6.95. The third-order valence-corrected chi connectivity index (χ3v) is 5.46. The van der Waals surface area contributed by atoms with Gasteiger partial charge in [0.25, 0.3) is 5.91 Å². The summed E-state index contributed by atoms with van der Waals surface area (Å²) < 4.78 is 0. The van der Waals surface area contributed by atoms with Gasteiger partial charge < -0.3 is 5.32 Å². The number of hydrogen-bond acceptors (Lipinski definition) is 5. The van der Waals surface area contributed by atoms with E-state index < -0.39 is 0 Å². The van der Waals surface area contributed by atoms with Crippen molar-refractivity contribution in [1.82, 2.24) is 10.3 Å². The Bertz CT molecular complexity index is 801. The number of aromatic nitrogens is 1. The molecular formula is C20H28N4OS. The Kier molecular flexibility index (Phi) is 5.86. The van der Waals surface area contributed by atoms with Gasteiger partial charge in [0, 0.05) is 21.6 Å². The number of nitrogens with zero attached hydrogens (tertiary/aromatic N) is 2. The fourth-order valence-corrected chi connectivity index (χ4v) is 3.40. The number of carbonyl (C=O) groups is 1. The molecule has 1 aliphatic rings. The Balaban J connectivity index is 2.44. The van der Waals surface area contributed by atoms with Gasteiger partial charge in [-0.15, -0.1) is 11.3 Å². The second-order valence-electron chi connectivity index (χ2n) is 7.34. The molecule has 0 aliphatic heterocycles. The summed E-state index contributed by atoms with van der Waals surface area (Å²) in [7, 11) is 0. The van der Waals surface area contributed by atoms with Crippen LogP contribution in [0.15, 0.2) is 39.7 Å². The van der Waals surface area contributed by atoms with Crippen LogP contribution in [0, 0.1) is 13.8 Å². The van der Waals surface area contributed by atoms with Gasteiger partial charge in [-0.25, -0.2) is 9.98 Å². The summed E-state index contributed by atoms with van der Waals surface area (Å²) in [4.78, 5) is 22.7. The van der Waals surface area contributed by atoms with E-state index in [1.54, 1.807) is 0 Å². The molecule has 26 heavy (non-hydrogen) atoms. The number of nitrogens with one attached hydrogen (secondary N) is 2. The number of aryl methyl sites for hydroxylation is 2. The van der Waals surface area contributed by atoms with Gasteiger partial charge in [0.2, 0.25) is 0 Å². The van der Waals surface area contributed by atoms with Crippen LogP contribution in [0.4, 0.5) is 5.13 Å². The van der Waals surface area contributed by atoms with Crippen LogP contribution >= 0.6 is 11.3 Å². The topological polar surface area (TPSA) is 66.4 Å². The Hall–Kier alpha value is -2.21. The summed E-state index contributed by atoms with van der Waals surface area (Å²) in [6.45, 7) is 19.5. The largest absolute Gasteiger partial charge is 0.364 e. The van der Waals surface area contributed by atoms with Gasteiger partial charge in [-0.05, 0) is 66.7 Å². The fraction of sp³-hybridized carbons (Fsp3) is 0.450. The van der Waals surface area contributed by atoms with Gasteiger partial charge in [0.05, 0.1) is 5.69 Å². The van der Waals surface area contributed by atoms with E-state index in [0.29, 0.717) is 22.1 Å². The van der Waals surface area contributed by atoms with Crippen LogP contribution in [0.1, 0.15) is 51.1 Å². The quantitative estimate of drug-likeness (QED) is 0.415. The molecule has 2 rings (SSSR count). The molecule has 5 nitrogen and oxygen atoms in total. The Morgan fingerprint density at radius 2 is 1.85 bits per heavy atom. The highest BCUT2D eigenvalue weighted by Gasteiger charge is 2.38. The number of allylic oxidation sites excluding steroid dienone is 2. The lowest BCUT2D eigenvalue weighted by molar-refractivity contribution is -0.112. The predicted molar refractivity (Wildman–Crippen MR) is 111 cm³/mol. The lowest BCUT2D eigenvalue weighted by Crippen LogP contribution is -2.29. The summed E-state index contributed by atoms with van der Waals surface area (Å²) >= 11 is 1.47. The minimum Gasteiger partial charge on any atom is -0.364 e. The number of amides is 1. The van der Waals surface area contributed by atoms with Crippen LogP contribution < -0.4 is 10.6 Å². The van der Waals surface area contributed by atoms with E-state index in [0.717, 1.165) is 34.6 Å². The molecule has 1 aliphatic carbocycles. The van der Waals surface area contributed by atoms with Crippen molar-refractivity contribution in [3.05, 3.63) is 45.3 Å². The van der Waals surface area contributed by atoms with Crippen LogP contribution in [-0.4, -0.2) is 23.1 Å². The zero-order valence-electron chi connectivity index (χ0n) is 16.5. The van der Waals surface area contributed by atoms with E-state index in [2.05, 4.69) is 40.8 Å². The highest BCUT2D eigenvalue weighted by Crippen LogP contribution is 2.37. The van der Waals surface area contributed by atoms with E-state index in [-0.39, 0.29) is 11.4 Å². The molecule has 6 heteroatoms. The SMILES string of the molecule is C=N/C(NC1(C)CC1)=C(\C(=C)C)C(C(=O)Nc1nc(C)c(C)s1)=C(C)C. The number of thiazole rings is 1. The monoisotopic (exact) mass is 372 g/mol. The predicted octanol–water partition coefficient (Wildman–Crippen LogP) is 4.67. The number of hydrogen-bond donors (Lipinski definition) is 2. The number of aliphatic imine (C=N–C) groups is 1. The molecule has 0 atom stereocenters. The van der Waals surface area contributed by atoms with Crippen molar-refractivity contribution < 1.29 is 4.79 Å². The van der Waals surface area contributed by atoms with Gasteiger partial charge in [-0.2, -0.15) is 0 Å². The maximum atomic E-state index is 13.1. The Morgan fingerprint density at radius 3 is 2.23 bits per heavy atom. The lowest BCUT2D eigenvalue weighted by atomic mass is 9.95. The second kappa shape index (κ2) is 7.58. The minimum absolute atomic E-state index is 0.0178. The van der Waals surface area contributed by atoms with E-state index in [9.17, 15) is 4.79 Å². The van der Waals surface area contributed by atoms with Crippen LogP contribution in [0.5, 0.6) is 0 Å². The Morgan fingerprint density at radius 1 is 1.23 bits per heavy atom. The van der Waals surface area contributed by atoms with Gasteiger partial charge >= 0.3 is 0 Å². The standard InChI is InChI=1S/C20H28N4OS/c1-11(2)15(17(21-8)24-20(7)9-10-20)16(12(3)4)18(25)23-19-22-13(5)14(6)26-19/h24H,1,8-10H2,2-7H3,(H,22,23,25)/b17-15-. The number of carbonyl (C=O) groups excluding carboxylic acids is 1. The van der Waals surface area contributed by atoms with Crippen LogP contribution in [-0.2, 0) is 4.79 Å². The molecule has 0 unspecified atom stereocenters. The molecular weight excluding hydrogens is 344 g/mol. The fourth-order valence-electron chi connectivity index (χ4n) is 2.59. The normalized spacial score (nSPS) is 15.6. The first-order valence-corrected chi connectivity index (χ1v) is 9.48. The average molecular weight is 373 g/mol. The molecule has 0 spiro atoms. The molecule has 140 valence electrons. The van der Waals surface area contributed by atoms with Crippen LogP contribution in [0.2, 0.25) is 0 Å². The van der Waals surface area contributed by atoms with E-state index in [1.807, 2.05) is 34.6 Å². The Labute approximate surface area is 160 Å². The zero-order valence-corrected chi connectivity index (χ0v) is 17.4. The molecule has 0 saturated heterocycles. The zero-order chi connectivity index (χ0) is 19.6. The molecule has 1 aromatic rings. The van der Waals surface area contributed by atoms with Crippen LogP contribution in [0.3, 0.4) is 0 Å². The highest BCUT2D eigenvalue weighted by atomic mass is 32.1. The van der Waals surface area contributed by atoms with Crippen molar-refractivity contribution in [2.75, 3.05) is 5.32 Å². The van der Waals surface area contributed by atoms with Crippen molar-refractivity contribution in [3.63, 3.8) is 0 Å². The highest BCUT2D eigenvalue weighted by molar-refractivity contribution is 7.15. The first-order valence-electron chi connectivity index (χ1n) is 8.66. The van der Waals surface area contributed by atoms with Crippen molar-refractivity contribution >= 4 is 29.1 Å². The van der Waals surface area contributed by atoms with E-state index >= 15 is 0 Å². The molecule has 0 aromatic carbocycles. The van der Waals surface area contributed by atoms with Crippen molar-refractivity contribution in [3.8, 4) is 0 Å². The van der Waals surface area contributed by atoms with Gasteiger partial charge in [0.15, 0.2) is 5.13 Å². The third kappa shape index (κ3) is 4.49. The van der Waals surface area contributed by atoms with Gasteiger partial charge in [0.1, 0.15) is 5.82 Å². The summed E-state index contributed by atoms with van der Waals surface area (Å²) in [6.07, 6.45) is 2.15. The molecule has 0 bridgehead atoms. The van der Waals surface area contributed by atoms with Gasteiger partial charge in [-0.1, -0.05) is 12.2 Å². The average Bonchev–Trinajstić information content (AvgIpc) is 3.18. The first kappa shape index (κ1) is 20.1. The third-order valence-electron chi connectivity index (χ3n) is 4.47.